The summed E-state index contributed by atoms with van der Waals surface area (Å²) in [5.74, 6) is 0.810. The molecular formula is C18H23N3O8. The summed E-state index contributed by atoms with van der Waals surface area (Å²) in [6.07, 6.45) is 0. The molecule has 11 nitrogen and oxygen atoms in total. The van der Waals surface area contributed by atoms with Crippen molar-refractivity contribution in [2.24, 2.45) is 10.2 Å². The molecule has 29 heavy (non-hydrogen) atoms. The topological polar surface area (TPSA) is 117 Å². The molecule has 0 aromatic heterocycles. The molecule has 4 amide bonds. The van der Waals surface area contributed by atoms with Crippen molar-refractivity contribution in [3.8, 4) is 11.5 Å². The van der Waals surface area contributed by atoms with E-state index in [1.54, 1.807) is 12.1 Å². The zero-order chi connectivity index (χ0) is 20.3. The van der Waals surface area contributed by atoms with Gasteiger partial charge in [-0.3, -0.25) is 0 Å². The summed E-state index contributed by atoms with van der Waals surface area (Å²) in [5, 5.41) is 6.51. The van der Waals surface area contributed by atoms with Gasteiger partial charge in [0, 0.05) is 6.07 Å². The van der Waals surface area contributed by atoms with E-state index in [-0.39, 0.29) is 12.3 Å². The van der Waals surface area contributed by atoms with Crippen LogP contribution in [0.25, 0.3) is 0 Å². The second kappa shape index (κ2) is 11.4. The first-order valence-electron chi connectivity index (χ1n) is 9.26. The second-order valence-corrected chi connectivity index (χ2v) is 5.88. The fourth-order valence-corrected chi connectivity index (χ4v) is 2.53. The first-order chi connectivity index (χ1) is 14.3. The molecule has 158 valence electrons. The molecule has 2 aliphatic rings. The summed E-state index contributed by atoms with van der Waals surface area (Å²) in [6.45, 7) is 4.03. The monoisotopic (exact) mass is 409 g/mol. The lowest BCUT2D eigenvalue weighted by Crippen LogP contribution is -2.27. The molecular weight excluding hydrogens is 386 g/mol. The summed E-state index contributed by atoms with van der Waals surface area (Å²) >= 11 is 0. The summed E-state index contributed by atoms with van der Waals surface area (Å²) < 4.78 is 33.1. The molecule has 0 aliphatic carbocycles. The van der Waals surface area contributed by atoms with Crippen molar-refractivity contribution in [3.05, 3.63) is 18.2 Å². The van der Waals surface area contributed by atoms with Crippen LogP contribution in [0.1, 0.15) is 0 Å². The van der Waals surface area contributed by atoms with Gasteiger partial charge in [0.25, 0.3) is 0 Å². The Morgan fingerprint density at radius 3 is 1.59 bits per heavy atom. The zero-order valence-corrected chi connectivity index (χ0v) is 15.9. The predicted octanol–water partition coefficient (Wildman–Crippen LogP) is 2.04. The van der Waals surface area contributed by atoms with Gasteiger partial charge in [0.05, 0.1) is 58.5 Å². The Balaban J connectivity index is 1.65. The van der Waals surface area contributed by atoms with Gasteiger partial charge in [-0.15, -0.1) is 0 Å². The van der Waals surface area contributed by atoms with Crippen LogP contribution < -0.4 is 14.4 Å². The number of carbonyl (C=O) groups is 2. The maximum Gasteiger partial charge on any atom is 0.375 e. The molecule has 1 aromatic carbocycles. The summed E-state index contributed by atoms with van der Waals surface area (Å²) in [7, 11) is 0. The Morgan fingerprint density at radius 1 is 0.621 bits per heavy atom. The average molecular weight is 409 g/mol. The van der Waals surface area contributed by atoms with Crippen molar-refractivity contribution < 1.29 is 38.0 Å². The number of fused-ring (bicyclic) bond motifs is 1. The van der Waals surface area contributed by atoms with Crippen LogP contribution in [0.5, 0.6) is 11.5 Å². The van der Waals surface area contributed by atoms with Gasteiger partial charge in [-0.1, -0.05) is 10.2 Å². The maximum atomic E-state index is 11.8. The molecule has 0 radical (unpaired) electrons. The number of ether oxygens (including phenoxy) is 6. The van der Waals surface area contributed by atoms with E-state index in [4.69, 9.17) is 28.4 Å². The van der Waals surface area contributed by atoms with E-state index < -0.39 is 12.1 Å². The minimum Gasteiger partial charge on any atom is -0.487 e. The van der Waals surface area contributed by atoms with Crippen molar-refractivity contribution in [1.29, 1.82) is 0 Å². The highest BCUT2D eigenvalue weighted by Gasteiger charge is 2.29. The third kappa shape index (κ3) is 6.46. The summed E-state index contributed by atoms with van der Waals surface area (Å²) in [5.41, 5.74) is 0.289. The molecule has 0 saturated heterocycles. The standard InChI is InChI=1S/C18H23N3O8/c22-17-19-20-18(23)21(17)14-1-2-15-16(13-14)29-12-10-27-8-6-25-4-3-24-5-7-26-9-11-28-15/h1-2,13H,3-12H2. The molecule has 11 heteroatoms. The van der Waals surface area contributed by atoms with Crippen LogP contribution in [0.15, 0.2) is 28.4 Å². The molecule has 3 rings (SSSR count). The number of rotatable bonds is 1. The largest absolute Gasteiger partial charge is 0.487 e. The number of nitrogens with zero attached hydrogens (tertiary/aromatic N) is 3. The smallest absolute Gasteiger partial charge is 0.375 e. The Morgan fingerprint density at radius 2 is 1.07 bits per heavy atom. The quantitative estimate of drug-likeness (QED) is 0.692. The number of imide groups is 1. The van der Waals surface area contributed by atoms with Gasteiger partial charge in [0.15, 0.2) is 11.5 Å². The molecule has 0 N–H and O–H groups in total. The molecule has 0 spiro atoms. The fraction of sp³-hybridized carbons (Fsp3) is 0.556. The SMILES string of the molecule is O=C1N=NC(=O)N1c1ccc2c(c1)OCCOCCOCCOCCOCCO2. The summed E-state index contributed by atoms with van der Waals surface area (Å²) in [4.78, 5) is 24.4. The molecule has 2 heterocycles. The molecule has 0 fully saturated rings. The Kier molecular flexibility index (Phi) is 8.31. The van der Waals surface area contributed by atoms with Crippen LogP contribution in [0.4, 0.5) is 15.3 Å². The van der Waals surface area contributed by atoms with E-state index in [0.717, 1.165) is 4.90 Å². The number of carbonyl (C=O) groups excluding carboxylic acids is 2. The van der Waals surface area contributed by atoms with Crippen LogP contribution in [-0.4, -0.2) is 78.1 Å². The third-order valence-corrected chi connectivity index (χ3v) is 3.88. The summed E-state index contributed by atoms with van der Waals surface area (Å²) in [6, 6.07) is 3.19. The van der Waals surface area contributed by atoms with Crippen LogP contribution in [0, 0.1) is 0 Å². The van der Waals surface area contributed by atoms with Crippen LogP contribution in [0.2, 0.25) is 0 Å². The van der Waals surface area contributed by atoms with E-state index in [0.29, 0.717) is 71.0 Å². The first kappa shape index (κ1) is 21.1. The molecule has 2 aliphatic heterocycles. The van der Waals surface area contributed by atoms with Gasteiger partial charge in [0.2, 0.25) is 0 Å². The van der Waals surface area contributed by atoms with Gasteiger partial charge in [-0.05, 0) is 12.1 Å². The number of hydrogen-bond acceptors (Lipinski definition) is 8. The number of hydrogen-bond donors (Lipinski definition) is 0. The lowest BCUT2D eigenvalue weighted by molar-refractivity contribution is -0.00841. The van der Waals surface area contributed by atoms with Gasteiger partial charge in [-0.2, -0.15) is 0 Å². The van der Waals surface area contributed by atoms with E-state index in [2.05, 4.69) is 10.2 Å². The number of azo groups is 1. The van der Waals surface area contributed by atoms with Gasteiger partial charge < -0.3 is 28.4 Å². The minimum absolute atomic E-state index is 0.246. The minimum atomic E-state index is -0.755. The molecule has 0 atom stereocenters. The van der Waals surface area contributed by atoms with Gasteiger partial charge >= 0.3 is 12.1 Å². The van der Waals surface area contributed by atoms with Crippen molar-refractivity contribution in [2.45, 2.75) is 0 Å². The second-order valence-electron chi connectivity index (χ2n) is 5.88. The van der Waals surface area contributed by atoms with E-state index in [1.165, 1.54) is 6.07 Å². The van der Waals surface area contributed by atoms with Gasteiger partial charge in [-0.25, -0.2) is 14.5 Å². The zero-order valence-electron chi connectivity index (χ0n) is 15.9. The number of amides is 4. The molecule has 0 unspecified atom stereocenters. The van der Waals surface area contributed by atoms with Crippen LogP contribution in [0.3, 0.4) is 0 Å². The van der Waals surface area contributed by atoms with Gasteiger partial charge in [0.1, 0.15) is 13.2 Å². The maximum absolute atomic E-state index is 11.8. The number of urea groups is 2. The highest BCUT2D eigenvalue weighted by molar-refractivity contribution is 6.17. The highest BCUT2D eigenvalue weighted by atomic mass is 16.6. The van der Waals surface area contributed by atoms with E-state index in [1.807, 2.05) is 0 Å². The van der Waals surface area contributed by atoms with E-state index in [9.17, 15) is 9.59 Å². The fourth-order valence-electron chi connectivity index (χ4n) is 2.53. The Labute approximate surface area is 167 Å². The Hall–Kier alpha value is -2.60. The predicted molar refractivity (Wildman–Crippen MR) is 98.8 cm³/mol. The molecule has 0 bridgehead atoms. The van der Waals surface area contributed by atoms with Crippen LogP contribution in [-0.2, 0) is 18.9 Å². The van der Waals surface area contributed by atoms with Crippen molar-refractivity contribution in [1.82, 2.24) is 0 Å². The third-order valence-electron chi connectivity index (χ3n) is 3.88. The molecule has 0 saturated carbocycles. The van der Waals surface area contributed by atoms with Crippen molar-refractivity contribution >= 4 is 17.7 Å². The number of anilines is 1. The molecule has 1 aromatic rings. The van der Waals surface area contributed by atoms with Crippen molar-refractivity contribution in [3.63, 3.8) is 0 Å². The lowest BCUT2D eigenvalue weighted by atomic mass is 10.2. The van der Waals surface area contributed by atoms with E-state index >= 15 is 0 Å². The Bertz CT molecular complexity index is 709. The lowest BCUT2D eigenvalue weighted by Gasteiger charge is -2.17. The average Bonchev–Trinajstić information content (AvgIpc) is 3.06. The first-order valence-corrected chi connectivity index (χ1v) is 9.26. The van der Waals surface area contributed by atoms with Crippen molar-refractivity contribution in [2.75, 3.05) is 71.0 Å². The highest BCUT2D eigenvalue weighted by Crippen LogP contribution is 2.33. The number of benzene rings is 1. The normalized spacial score (nSPS) is 20.3. The van der Waals surface area contributed by atoms with Crippen LogP contribution >= 0.6 is 0 Å².